The first-order valence-electron chi connectivity index (χ1n) is 4.05. The lowest BCUT2D eigenvalue weighted by atomic mass is 10.4. The zero-order valence-electron chi connectivity index (χ0n) is 7.99. The molecule has 1 rings (SSSR count). The number of esters is 1. The molecule has 0 aliphatic rings. The Morgan fingerprint density at radius 3 is 2.71 bits per heavy atom. The van der Waals surface area contributed by atoms with Crippen molar-refractivity contribution >= 4 is 11.9 Å². The van der Waals surface area contributed by atoms with Crippen molar-refractivity contribution in [2.45, 2.75) is 6.92 Å². The molecule has 1 aromatic rings. The maximum absolute atomic E-state index is 11.3. The molecule has 1 aromatic heterocycles. The summed E-state index contributed by atoms with van der Waals surface area (Å²) < 4.78 is 9.40. The first-order chi connectivity index (χ1) is 6.63. The van der Waals surface area contributed by atoms with Gasteiger partial charge in [-0.25, -0.2) is 0 Å². The number of amides is 1. The van der Waals surface area contributed by atoms with Gasteiger partial charge in [-0.1, -0.05) is 0 Å². The van der Waals surface area contributed by atoms with Crippen LogP contribution in [0, 0.1) is 6.92 Å². The Morgan fingerprint density at radius 2 is 2.21 bits per heavy atom. The number of carbonyl (C=O) groups is 2. The van der Waals surface area contributed by atoms with Gasteiger partial charge in [0.15, 0.2) is 5.76 Å². The second-order valence-corrected chi connectivity index (χ2v) is 2.67. The van der Waals surface area contributed by atoms with Gasteiger partial charge >= 0.3 is 5.97 Å². The summed E-state index contributed by atoms with van der Waals surface area (Å²) in [7, 11) is 1.26. The standard InChI is InChI=1S/C9H11NO4/c1-6-3-4-7(14-6)9(12)10-5-8(11)13-2/h3-4H,5H2,1-2H3,(H,10,12). The third-order valence-corrected chi connectivity index (χ3v) is 1.59. The van der Waals surface area contributed by atoms with E-state index in [-0.39, 0.29) is 12.3 Å². The van der Waals surface area contributed by atoms with Gasteiger partial charge in [-0.15, -0.1) is 0 Å². The summed E-state index contributed by atoms with van der Waals surface area (Å²) in [6.07, 6.45) is 0. The van der Waals surface area contributed by atoms with E-state index in [4.69, 9.17) is 4.42 Å². The Kier molecular flexibility index (Phi) is 3.28. The third-order valence-electron chi connectivity index (χ3n) is 1.59. The number of ether oxygens (including phenoxy) is 1. The molecule has 0 aromatic carbocycles. The van der Waals surface area contributed by atoms with Crippen molar-refractivity contribution in [3.05, 3.63) is 23.7 Å². The first kappa shape index (κ1) is 10.3. The minimum Gasteiger partial charge on any atom is -0.468 e. The molecule has 0 saturated heterocycles. The normalized spacial score (nSPS) is 9.57. The maximum atomic E-state index is 11.3. The average Bonchev–Trinajstić information content (AvgIpc) is 2.60. The molecule has 1 heterocycles. The van der Waals surface area contributed by atoms with Crippen molar-refractivity contribution in [1.29, 1.82) is 0 Å². The van der Waals surface area contributed by atoms with Crippen LogP contribution in [0.4, 0.5) is 0 Å². The minimum absolute atomic E-state index is 0.158. The van der Waals surface area contributed by atoms with E-state index in [1.807, 2.05) is 0 Å². The molecule has 0 radical (unpaired) electrons. The van der Waals surface area contributed by atoms with Crippen LogP contribution in [0.3, 0.4) is 0 Å². The van der Waals surface area contributed by atoms with Crippen LogP contribution < -0.4 is 5.32 Å². The number of carbonyl (C=O) groups excluding carboxylic acids is 2. The summed E-state index contributed by atoms with van der Waals surface area (Å²) in [6, 6.07) is 3.22. The third kappa shape index (κ3) is 2.62. The van der Waals surface area contributed by atoms with Crippen molar-refractivity contribution < 1.29 is 18.7 Å². The number of rotatable bonds is 3. The highest BCUT2D eigenvalue weighted by Crippen LogP contribution is 2.05. The number of nitrogens with one attached hydrogen (secondary N) is 1. The Labute approximate surface area is 81.0 Å². The summed E-state index contributed by atoms with van der Waals surface area (Å²) in [5, 5.41) is 2.36. The summed E-state index contributed by atoms with van der Waals surface area (Å²) in [5.41, 5.74) is 0. The fourth-order valence-electron chi connectivity index (χ4n) is 0.868. The highest BCUT2D eigenvalue weighted by atomic mass is 16.5. The van der Waals surface area contributed by atoms with Gasteiger partial charge in [-0.3, -0.25) is 9.59 Å². The van der Waals surface area contributed by atoms with Crippen LogP contribution in [0.2, 0.25) is 0 Å². The van der Waals surface area contributed by atoms with Crippen LogP contribution in [0.1, 0.15) is 16.3 Å². The molecule has 0 aliphatic heterocycles. The van der Waals surface area contributed by atoms with E-state index >= 15 is 0 Å². The van der Waals surface area contributed by atoms with E-state index in [9.17, 15) is 9.59 Å². The lowest BCUT2D eigenvalue weighted by Crippen LogP contribution is -2.29. The smallest absolute Gasteiger partial charge is 0.325 e. The molecule has 0 spiro atoms. The molecule has 5 heteroatoms. The van der Waals surface area contributed by atoms with E-state index in [0.29, 0.717) is 5.76 Å². The molecular formula is C9H11NO4. The summed E-state index contributed by atoms with van der Waals surface area (Å²) in [6.45, 7) is 1.58. The van der Waals surface area contributed by atoms with Crippen LogP contribution >= 0.6 is 0 Å². The Bertz CT molecular complexity index is 342. The van der Waals surface area contributed by atoms with Gasteiger partial charge in [0.25, 0.3) is 5.91 Å². The largest absolute Gasteiger partial charge is 0.468 e. The van der Waals surface area contributed by atoms with Crippen LogP contribution in [0.15, 0.2) is 16.5 Å². The Balaban J connectivity index is 2.47. The molecule has 1 amide bonds. The van der Waals surface area contributed by atoms with Crippen molar-refractivity contribution in [1.82, 2.24) is 5.32 Å². The topological polar surface area (TPSA) is 68.5 Å². The summed E-state index contributed by atoms with van der Waals surface area (Å²) in [5.74, 6) is -0.0928. The van der Waals surface area contributed by atoms with Gasteiger partial charge in [-0.2, -0.15) is 0 Å². The SMILES string of the molecule is COC(=O)CNC(=O)c1ccc(C)o1. The molecule has 0 unspecified atom stereocenters. The molecule has 0 aliphatic carbocycles. The Hall–Kier alpha value is -1.78. The van der Waals surface area contributed by atoms with Crippen molar-refractivity contribution in [3.63, 3.8) is 0 Å². The molecular weight excluding hydrogens is 186 g/mol. The number of hydrogen-bond acceptors (Lipinski definition) is 4. The fourth-order valence-corrected chi connectivity index (χ4v) is 0.868. The van der Waals surface area contributed by atoms with Crippen LogP contribution in [-0.2, 0) is 9.53 Å². The average molecular weight is 197 g/mol. The highest BCUT2D eigenvalue weighted by molar-refractivity contribution is 5.93. The number of aryl methyl sites for hydroxylation is 1. The Morgan fingerprint density at radius 1 is 1.50 bits per heavy atom. The van der Waals surface area contributed by atoms with Crippen LogP contribution in [0.25, 0.3) is 0 Å². The van der Waals surface area contributed by atoms with Crippen molar-refractivity contribution in [2.75, 3.05) is 13.7 Å². The predicted molar refractivity (Wildman–Crippen MR) is 47.8 cm³/mol. The van der Waals surface area contributed by atoms with Crippen LogP contribution in [0.5, 0.6) is 0 Å². The van der Waals surface area contributed by atoms with Crippen molar-refractivity contribution in [3.8, 4) is 0 Å². The summed E-state index contributed by atoms with van der Waals surface area (Å²) in [4.78, 5) is 22.0. The van der Waals surface area contributed by atoms with E-state index in [2.05, 4.69) is 10.1 Å². The van der Waals surface area contributed by atoms with E-state index < -0.39 is 11.9 Å². The lowest BCUT2D eigenvalue weighted by Gasteiger charge is -2.00. The van der Waals surface area contributed by atoms with E-state index in [1.165, 1.54) is 7.11 Å². The monoisotopic (exact) mass is 197 g/mol. The lowest BCUT2D eigenvalue weighted by molar-refractivity contribution is -0.139. The van der Waals surface area contributed by atoms with Gasteiger partial charge in [0.05, 0.1) is 7.11 Å². The zero-order chi connectivity index (χ0) is 10.6. The predicted octanol–water partition coefficient (Wildman–Crippen LogP) is 0.491. The van der Waals surface area contributed by atoms with Gasteiger partial charge in [0.1, 0.15) is 12.3 Å². The van der Waals surface area contributed by atoms with Gasteiger partial charge in [-0.05, 0) is 19.1 Å². The molecule has 0 atom stereocenters. The first-order valence-corrected chi connectivity index (χ1v) is 4.05. The van der Waals surface area contributed by atoms with Gasteiger partial charge in [0, 0.05) is 0 Å². The molecule has 0 bridgehead atoms. The summed E-state index contributed by atoms with van der Waals surface area (Å²) >= 11 is 0. The fraction of sp³-hybridized carbons (Fsp3) is 0.333. The van der Waals surface area contributed by atoms with Crippen molar-refractivity contribution in [2.24, 2.45) is 0 Å². The number of methoxy groups -OCH3 is 1. The van der Waals surface area contributed by atoms with Gasteiger partial charge in [0.2, 0.25) is 0 Å². The van der Waals surface area contributed by atoms with E-state index in [1.54, 1.807) is 19.1 Å². The molecule has 76 valence electrons. The quantitative estimate of drug-likeness (QED) is 0.716. The molecule has 5 nitrogen and oxygen atoms in total. The second-order valence-electron chi connectivity index (χ2n) is 2.67. The molecule has 1 N–H and O–H groups in total. The molecule has 0 fully saturated rings. The van der Waals surface area contributed by atoms with E-state index in [0.717, 1.165) is 0 Å². The van der Waals surface area contributed by atoms with Gasteiger partial charge < -0.3 is 14.5 Å². The number of hydrogen-bond donors (Lipinski definition) is 1. The zero-order valence-corrected chi connectivity index (χ0v) is 7.99. The van der Waals surface area contributed by atoms with Crippen LogP contribution in [-0.4, -0.2) is 25.5 Å². The molecule has 0 saturated carbocycles. The minimum atomic E-state index is -0.498. The highest BCUT2D eigenvalue weighted by Gasteiger charge is 2.10. The molecule has 14 heavy (non-hydrogen) atoms. The maximum Gasteiger partial charge on any atom is 0.325 e. The second kappa shape index (κ2) is 4.45. The number of furan rings is 1.